The van der Waals surface area contributed by atoms with Crippen LogP contribution in [0.15, 0.2) is 144 Å². The molecule has 4 unspecified atom stereocenters. The Morgan fingerprint density at radius 3 is 2.09 bits per heavy atom. The third-order valence-electron chi connectivity index (χ3n) is 11.0. The molecule has 8 rings (SSSR count). The number of rotatable bonds is 10. The topological polar surface area (TPSA) is 120 Å². The van der Waals surface area contributed by atoms with Crippen molar-refractivity contribution in [2.24, 2.45) is 0 Å². The van der Waals surface area contributed by atoms with E-state index in [9.17, 15) is 18.3 Å². The first-order chi connectivity index (χ1) is 26.3. The lowest BCUT2D eigenvalue weighted by molar-refractivity contribution is -0.264. The molecule has 54 heavy (non-hydrogen) atoms. The van der Waals surface area contributed by atoms with Crippen molar-refractivity contribution in [2.45, 2.75) is 54.3 Å². The Balaban J connectivity index is 1.10. The molecule has 0 aromatic heterocycles. The van der Waals surface area contributed by atoms with E-state index in [0.29, 0.717) is 50.4 Å². The Morgan fingerprint density at radius 1 is 0.759 bits per heavy atom. The largest absolute Gasteiger partial charge is 0.392 e. The standard InChI is InChI=1S/C43H44N4O6S/c48-29-31-19-21-33(22-20-31)40-39(32-11-4-1-5-12-32)38(28-46-25-23-43(24-26-46)42(49)44-30-47(43)36-15-6-2-7-16-36)52-41(53-40)34-13-10-14-35(27-34)45-54(50,51)37-17-8-3-9-18-37/h1-22,27,38-41,45,48H,23-26,28-30H2,(H,44,49). The molecule has 11 heteroatoms. The summed E-state index contributed by atoms with van der Waals surface area (Å²) in [5.74, 6) is -0.126. The number of nitrogens with zero attached hydrogens (tertiary/aromatic N) is 2. The summed E-state index contributed by atoms with van der Waals surface area (Å²) in [7, 11) is -3.82. The number of anilines is 2. The van der Waals surface area contributed by atoms with Crippen LogP contribution in [0.3, 0.4) is 0 Å². The molecule has 0 saturated carbocycles. The van der Waals surface area contributed by atoms with Gasteiger partial charge in [-0.3, -0.25) is 9.52 Å². The molecule has 3 aliphatic rings. The van der Waals surface area contributed by atoms with E-state index in [1.54, 1.807) is 48.5 Å². The number of amides is 1. The van der Waals surface area contributed by atoms with Crippen molar-refractivity contribution in [3.63, 3.8) is 0 Å². The van der Waals surface area contributed by atoms with Gasteiger partial charge in [-0.1, -0.05) is 103 Å². The number of aliphatic hydroxyl groups excluding tert-OH is 1. The van der Waals surface area contributed by atoms with Crippen LogP contribution in [0.1, 0.15) is 53.4 Å². The molecule has 5 aromatic rings. The summed E-state index contributed by atoms with van der Waals surface area (Å²) < 4.78 is 43.1. The minimum Gasteiger partial charge on any atom is -0.392 e. The predicted molar refractivity (Wildman–Crippen MR) is 207 cm³/mol. The summed E-state index contributed by atoms with van der Waals surface area (Å²) in [6, 6.07) is 43.6. The number of nitrogens with one attached hydrogen (secondary N) is 2. The van der Waals surface area contributed by atoms with Gasteiger partial charge >= 0.3 is 0 Å². The molecule has 3 saturated heterocycles. The summed E-state index contributed by atoms with van der Waals surface area (Å²) in [5, 5.41) is 12.9. The Kier molecular flexibility index (Phi) is 10.2. The van der Waals surface area contributed by atoms with Crippen LogP contribution in [0.5, 0.6) is 0 Å². The quantitative estimate of drug-likeness (QED) is 0.152. The summed E-state index contributed by atoms with van der Waals surface area (Å²) in [6.45, 7) is 2.42. The van der Waals surface area contributed by atoms with E-state index in [1.807, 2.05) is 66.7 Å². The van der Waals surface area contributed by atoms with Crippen molar-refractivity contribution >= 4 is 27.3 Å². The van der Waals surface area contributed by atoms with Gasteiger partial charge in [-0.25, -0.2) is 8.42 Å². The van der Waals surface area contributed by atoms with E-state index >= 15 is 0 Å². The highest BCUT2D eigenvalue weighted by molar-refractivity contribution is 7.92. The second kappa shape index (κ2) is 15.4. The van der Waals surface area contributed by atoms with Gasteiger partial charge in [0.15, 0.2) is 6.29 Å². The van der Waals surface area contributed by atoms with E-state index in [-0.39, 0.29) is 29.4 Å². The monoisotopic (exact) mass is 744 g/mol. The first kappa shape index (κ1) is 36.0. The molecule has 10 nitrogen and oxygen atoms in total. The zero-order valence-corrected chi connectivity index (χ0v) is 30.6. The Bertz CT molecular complexity index is 2150. The molecule has 3 fully saturated rings. The maximum atomic E-state index is 13.4. The highest BCUT2D eigenvalue weighted by atomic mass is 32.2. The number of hydrogen-bond donors (Lipinski definition) is 3. The maximum absolute atomic E-state index is 13.4. The first-order valence-corrected chi connectivity index (χ1v) is 19.9. The SMILES string of the molecule is O=C1NCN(c2ccccc2)C12CCN(CC1OC(c3cccc(NS(=O)(=O)c4ccccc4)c3)OC(c3ccc(CO)cc3)C1c1ccccc1)CC2. The molecule has 3 N–H and O–H groups in total. The number of carbonyl (C=O) groups is 1. The number of para-hydroxylation sites is 1. The Labute approximate surface area is 316 Å². The molecule has 0 radical (unpaired) electrons. The van der Waals surface area contributed by atoms with Crippen LogP contribution in [0.4, 0.5) is 11.4 Å². The third-order valence-corrected chi connectivity index (χ3v) is 12.4. The lowest BCUT2D eigenvalue weighted by Gasteiger charge is -2.47. The fourth-order valence-electron chi connectivity index (χ4n) is 8.12. The second-order valence-electron chi connectivity index (χ2n) is 14.2. The van der Waals surface area contributed by atoms with E-state index in [2.05, 4.69) is 44.1 Å². The van der Waals surface area contributed by atoms with Crippen LogP contribution in [0.2, 0.25) is 0 Å². The van der Waals surface area contributed by atoms with Gasteiger partial charge in [-0.05, 0) is 65.9 Å². The van der Waals surface area contributed by atoms with Crippen LogP contribution >= 0.6 is 0 Å². The van der Waals surface area contributed by atoms with Crippen molar-refractivity contribution in [1.29, 1.82) is 0 Å². The predicted octanol–water partition coefficient (Wildman–Crippen LogP) is 6.35. The van der Waals surface area contributed by atoms with Crippen molar-refractivity contribution in [3.8, 4) is 0 Å². The van der Waals surface area contributed by atoms with Crippen molar-refractivity contribution in [1.82, 2.24) is 10.2 Å². The number of sulfonamides is 1. The Morgan fingerprint density at radius 2 is 1.41 bits per heavy atom. The maximum Gasteiger partial charge on any atom is 0.261 e. The fourth-order valence-corrected chi connectivity index (χ4v) is 9.19. The van der Waals surface area contributed by atoms with Crippen LogP contribution < -0.4 is 14.9 Å². The van der Waals surface area contributed by atoms with Crippen molar-refractivity contribution in [2.75, 3.05) is 35.9 Å². The summed E-state index contributed by atoms with van der Waals surface area (Å²) in [6.07, 6.45) is -0.240. The average molecular weight is 745 g/mol. The van der Waals surface area contributed by atoms with Crippen LogP contribution in [0, 0.1) is 0 Å². The van der Waals surface area contributed by atoms with Gasteiger partial charge in [0.1, 0.15) is 5.54 Å². The summed E-state index contributed by atoms with van der Waals surface area (Å²) in [5.41, 5.74) is 4.31. The highest BCUT2D eigenvalue weighted by Gasteiger charge is 2.51. The normalized spacial score (nSPS) is 22.9. The smallest absolute Gasteiger partial charge is 0.261 e. The van der Waals surface area contributed by atoms with Crippen LogP contribution in [0.25, 0.3) is 0 Å². The van der Waals surface area contributed by atoms with Gasteiger partial charge in [0.05, 0.1) is 30.4 Å². The summed E-state index contributed by atoms with van der Waals surface area (Å²) >= 11 is 0. The number of benzene rings is 5. The Hall–Kier alpha value is -5.04. The second-order valence-corrected chi connectivity index (χ2v) is 15.9. The number of carbonyl (C=O) groups excluding carboxylic acids is 1. The first-order valence-electron chi connectivity index (χ1n) is 18.4. The highest BCUT2D eigenvalue weighted by Crippen LogP contribution is 2.48. The lowest BCUT2D eigenvalue weighted by Crippen LogP contribution is -2.57. The van der Waals surface area contributed by atoms with Gasteiger partial charge in [0.25, 0.3) is 10.0 Å². The molecular weight excluding hydrogens is 701 g/mol. The van der Waals surface area contributed by atoms with Gasteiger partial charge < -0.3 is 29.7 Å². The van der Waals surface area contributed by atoms with Gasteiger partial charge in [0, 0.05) is 42.5 Å². The molecule has 3 aliphatic heterocycles. The van der Waals surface area contributed by atoms with E-state index in [1.165, 1.54) is 0 Å². The van der Waals surface area contributed by atoms with Gasteiger partial charge in [0.2, 0.25) is 5.91 Å². The average Bonchev–Trinajstić information content (AvgIpc) is 3.53. The van der Waals surface area contributed by atoms with Gasteiger partial charge in [-0.15, -0.1) is 0 Å². The fraction of sp³-hybridized carbons (Fsp3) is 0.279. The molecule has 0 aliphatic carbocycles. The molecule has 5 aromatic carbocycles. The zero-order valence-electron chi connectivity index (χ0n) is 29.8. The molecular formula is C43H44N4O6S. The minimum atomic E-state index is -3.82. The lowest BCUT2D eigenvalue weighted by atomic mass is 9.82. The van der Waals surface area contributed by atoms with Crippen molar-refractivity contribution in [3.05, 3.63) is 162 Å². The molecule has 1 amide bonds. The van der Waals surface area contributed by atoms with Crippen LogP contribution in [-0.2, 0) is 30.9 Å². The minimum absolute atomic E-state index is 0.0653. The molecule has 3 heterocycles. The number of ether oxygens (including phenoxy) is 2. The summed E-state index contributed by atoms with van der Waals surface area (Å²) in [4.78, 5) is 18.2. The van der Waals surface area contributed by atoms with E-state index in [4.69, 9.17) is 9.47 Å². The zero-order chi connectivity index (χ0) is 37.1. The molecule has 278 valence electrons. The number of piperidine rings is 1. The molecule has 1 spiro atoms. The number of aliphatic hydroxyl groups is 1. The van der Waals surface area contributed by atoms with Crippen molar-refractivity contribution < 1.29 is 27.8 Å². The van der Waals surface area contributed by atoms with E-state index < -0.39 is 28.0 Å². The molecule has 0 bridgehead atoms. The molecule has 4 atom stereocenters. The van der Waals surface area contributed by atoms with E-state index in [0.717, 1.165) is 22.4 Å². The number of likely N-dealkylation sites (tertiary alicyclic amines) is 1. The van der Waals surface area contributed by atoms with Crippen LogP contribution in [-0.4, -0.2) is 62.3 Å². The number of hydrogen-bond acceptors (Lipinski definition) is 8. The third kappa shape index (κ3) is 7.25. The van der Waals surface area contributed by atoms with Gasteiger partial charge in [-0.2, -0.15) is 0 Å².